The van der Waals surface area contributed by atoms with Gasteiger partial charge in [0.15, 0.2) is 0 Å². The third-order valence-corrected chi connectivity index (χ3v) is 5.36. The molecular weight excluding hydrogens is 346 g/mol. The van der Waals surface area contributed by atoms with Crippen LogP contribution in [0.4, 0.5) is 5.69 Å². The lowest BCUT2D eigenvalue weighted by molar-refractivity contribution is -0.385. The Morgan fingerprint density at radius 1 is 1.00 bits per heavy atom. The normalized spacial score (nSPS) is 18.7. The summed E-state index contributed by atoms with van der Waals surface area (Å²) in [5, 5.41) is 11.0. The first kappa shape index (κ1) is 19.1. The minimum absolute atomic E-state index is 0.00587. The Hall–Kier alpha value is -2.70. The van der Waals surface area contributed by atoms with Crippen molar-refractivity contribution in [1.29, 1.82) is 0 Å². The van der Waals surface area contributed by atoms with Gasteiger partial charge >= 0.3 is 0 Å². The van der Waals surface area contributed by atoms with Crippen LogP contribution in [0, 0.1) is 16.0 Å². The number of likely N-dealkylation sites (tertiary alicyclic amines) is 2. The van der Waals surface area contributed by atoms with Crippen LogP contribution in [-0.4, -0.2) is 52.7 Å². The molecule has 144 valence electrons. The Morgan fingerprint density at radius 2 is 1.67 bits per heavy atom. The van der Waals surface area contributed by atoms with Crippen LogP contribution in [-0.2, 0) is 9.59 Å². The van der Waals surface area contributed by atoms with Crippen molar-refractivity contribution in [1.82, 2.24) is 9.80 Å². The molecule has 0 unspecified atom stereocenters. The molecule has 27 heavy (non-hydrogen) atoms. The molecule has 2 aliphatic heterocycles. The molecule has 0 bridgehead atoms. The van der Waals surface area contributed by atoms with Crippen LogP contribution in [0.25, 0.3) is 6.08 Å². The van der Waals surface area contributed by atoms with Gasteiger partial charge in [-0.05, 0) is 44.2 Å². The molecule has 2 saturated heterocycles. The average molecular weight is 371 g/mol. The van der Waals surface area contributed by atoms with Gasteiger partial charge in [0.05, 0.1) is 10.5 Å². The quantitative estimate of drug-likeness (QED) is 0.463. The molecule has 7 heteroatoms. The van der Waals surface area contributed by atoms with Gasteiger partial charge < -0.3 is 9.80 Å². The summed E-state index contributed by atoms with van der Waals surface area (Å²) in [5.41, 5.74) is 0.387. The van der Waals surface area contributed by atoms with Crippen LogP contribution in [0.2, 0.25) is 0 Å². The maximum atomic E-state index is 12.6. The van der Waals surface area contributed by atoms with E-state index in [9.17, 15) is 19.7 Å². The second-order valence-electron chi connectivity index (χ2n) is 7.13. The van der Waals surface area contributed by atoms with Gasteiger partial charge in [-0.2, -0.15) is 0 Å². The minimum Gasteiger partial charge on any atom is -0.342 e. The molecule has 0 atom stereocenters. The predicted molar refractivity (Wildman–Crippen MR) is 102 cm³/mol. The summed E-state index contributed by atoms with van der Waals surface area (Å²) in [6, 6.07) is 6.34. The topological polar surface area (TPSA) is 83.8 Å². The number of piperidine rings is 2. The van der Waals surface area contributed by atoms with Crippen LogP contribution >= 0.6 is 0 Å². The number of hydrogen-bond acceptors (Lipinski definition) is 4. The molecule has 1 aromatic rings. The molecule has 0 aliphatic carbocycles. The summed E-state index contributed by atoms with van der Waals surface area (Å²) in [4.78, 5) is 39.3. The highest BCUT2D eigenvalue weighted by molar-refractivity contribution is 5.92. The van der Waals surface area contributed by atoms with Crippen LogP contribution in [0.5, 0.6) is 0 Å². The maximum absolute atomic E-state index is 12.6. The maximum Gasteiger partial charge on any atom is 0.276 e. The van der Waals surface area contributed by atoms with Crippen molar-refractivity contribution in [2.24, 2.45) is 5.92 Å². The lowest BCUT2D eigenvalue weighted by Crippen LogP contribution is -2.45. The lowest BCUT2D eigenvalue weighted by Gasteiger charge is -2.35. The highest BCUT2D eigenvalue weighted by atomic mass is 16.6. The molecule has 3 rings (SSSR count). The molecule has 2 fully saturated rings. The largest absolute Gasteiger partial charge is 0.342 e. The van der Waals surface area contributed by atoms with E-state index in [2.05, 4.69) is 0 Å². The first-order valence-electron chi connectivity index (χ1n) is 9.55. The third-order valence-electron chi connectivity index (χ3n) is 5.36. The van der Waals surface area contributed by atoms with Gasteiger partial charge in [0, 0.05) is 44.2 Å². The molecule has 0 N–H and O–H groups in total. The van der Waals surface area contributed by atoms with E-state index in [1.165, 1.54) is 24.6 Å². The second kappa shape index (κ2) is 8.79. The SMILES string of the molecule is O=C(/C=C/c1ccccc1[N+](=O)[O-])N1CCC(C(=O)N2CCCCC2)CC1. The summed E-state index contributed by atoms with van der Waals surface area (Å²) in [5.74, 6) is 0.0700. The van der Waals surface area contributed by atoms with Crippen LogP contribution in [0.3, 0.4) is 0 Å². The third kappa shape index (κ3) is 4.72. The number of carbonyl (C=O) groups is 2. The van der Waals surface area contributed by atoms with Crippen molar-refractivity contribution in [2.45, 2.75) is 32.1 Å². The fourth-order valence-electron chi connectivity index (χ4n) is 3.78. The highest BCUT2D eigenvalue weighted by Gasteiger charge is 2.30. The van der Waals surface area contributed by atoms with Crippen molar-refractivity contribution in [3.05, 3.63) is 46.0 Å². The van der Waals surface area contributed by atoms with Crippen molar-refractivity contribution < 1.29 is 14.5 Å². The van der Waals surface area contributed by atoms with Gasteiger partial charge in [0.25, 0.3) is 5.69 Å². The van der Waals surface area contributed by atoms with Gasteiger partial charge in [0.1, 0.15) is 0 Å². The van der Waals surface area contributed by atoms with E-state index in [4.69, 9.17) is 0 Å². The van der Waals surface area contributed by atoms with E-state index in [1.54, 1.807) is 23.1 Å². The Bertz CT molecular complexity index is 732. The second-order valence-corrected chi connectivity index (χ2v) is 7.13. The van der Waals surface area contributed by atoms with E-state index < -0.39 is 4.92 Å². The lowest BCUT2D eigenvalue weighted by atomic mass is 9.94. The molecule has 0 spiro atoms. The van der Waals surface area contributed by atoms with E-state index in [0.717, 1.165) is 25.9 Å². The van der Waals surface area contributed by atoms with E-state index in [-0.39, 0.29) is 23.4 Å². The average Bonchev–Trinajstić information content (AvgIpc) is 2.72. The molecular formula is C20H25N3O4. The highest BCUT2D eigenvalue weighted by Crippen LogP contribution is 2.23. The number of hydrogen-bond donors (Lipinski definition) is 0. The first-order valence-corrected chi connectivity index (χ1v) is 9.55. The number of nitrogens with zero attached hydrogens (tertiary/aromatic N) is 3. The van der Waals surface area contributed by atoms with E-state index in [1.807, 2.05) is 4.90 Å². The summed E-state index contributed by atoms with van der Waals surface area (Å²) in [6.07, 6.45) is 7.60. The zero-order chi connectivity index (χ0) is 19.2. The van der Waals surface area contributed by atoms with Gasteiger partial charge in [-0.3, -0.25) is 19.7 Å². The van der Waals surface area contributed by atoms with Gasteiger partial charge in [0.2, 0.25) is 11.8 Å². The minimum atomic E-state index is -0.456. The first-order chi connectivity index (χ1) is 13.1. The Balaban J connectivity index is 1.54. The predicted octanol–water partition coefficient (Wildman–Crippen LogP) is 2.86. The van der Waals surface area contributed by atoms with Crippen molar-refractivity contribution in [3.63, 3.8) is 0 Å². The number of nitro groups is 1. The molecule has 2 aliphatic rings. The molecule has 7 nitrogen and oxygen atoms in total. The fraction of sp³-hybridized carbons (Fsp3) is 0.500. The number of rotatable bonds is 4. The molecule has 2 amide bonds. The van der Waals surface area contributed by atoms with Gasteiger partial charge in [-0.1, -0.05) is 12.1 Å². The van der Waals surface area contributed by atoms with Crippen LogP contribution in [0.15, 0.2) is 30.3 Å². The zero-order valence-electron chi connectivity index (χ0n) is 15.4. The van der Waals surface area contributed by atoms with Crippen LogP contribution in [0.1, 0.15) is 37.7 Å². The number of carbonyl (C=O) groups excluding carboxylic acids is 2. The molecule has 0 radical (unpaired) electrons. The van der Waals surface area contributed by atoms with Gasteiger partial charge in [-0.25, -0.2) is 0 Å². The summed E-state index contributed by atoms with van der Waals surface area (Å²) >= 11 is 0. The van der Waals surface area contributed by atoms with Crippen molar-refractivity contribution in [2.75, 3.05) is 26.2 Å². The monoisotopic (exact) mass is 371 g/mol. The Kier molecular flexibility index (Phi) is 6.21. The van der Waals surface area contributed by atoms with Crippen LogP contribution < -0.4 is 0 Å². The number of para-hydroxylation sites is 1. The fourth-order valence-corrected chi connectivity index (χ4v) is 3.78. The standard InChI is InChI=1S/C20H25N3O4/c24-19(9-8-16-6-2-3-7-18(16)23(26)27)21-14-10-17(11-15-21)20(25)22-12-4-1-5-13-22/h2-3,6-9,17H,1,4-5,10-15H2/b9-8+. The molecule has 0 saturated carbocycles. The smallest absolute Gasteiger partial charge is 0.276 e. The molecule has 0 aromatic heterocycles. The summed E-state index contributed by atoms with van der Waals surface area (Å²) < 4.78 is 0. The van der Waals surface area contributed by atoms with Crippen molar-refractivity contribution in [3.8, 4) is 0 Å². The zero-order valence-corrected chi connectivity index (χ0v) is 15.4. The number of amides is 2. The van der Waals surface area contributed by atoms with Crippen molar-refractivity contribution >= 4 is 23.6 Å². The van der Waals surface area contributed by atoms with Gasteiger partial charge in [-0.15, -0.1) is 0 Å². The Labute approximate surface area is 158 Å². The van der Waals surface area contributed by atoms with E-state index in [0.29, 0.717) is 31.5 Å². The summed E-state index contributed by atoms with van der Waals surface area (Å²) in [7, 11) is 0. The molecule has 2 heterocycles. The molecule has 1 aromatic carbocycles. The number of benzene rings is 1. The number of nitro benzene ring substituents is 1. The Morgan fingerprint density at radius 3 is 2.33 bits per heavy atom. The summed E-state index contributed by atoms with van der Waals surface area (Å²) in [6.45, 7) is 2.81. The van der Waals surface area contributed by atoms with E-state index >= 15 is 0 Å².